The predicted molar refractivity (Wildman–Crippen MR) is 240 cm³/mol. The summed E-state index contributed by atoms with van der Waals surface area (Å²) in [5.41, 5.74) is -4.40. The number of hydrogen-bond donors (Lipinski definition) is 4. The summed E-state index contributed by atoms with van der Waals surface area (Å²) in [5, 5.41) is 41.1. The van der Waals surface area contributed by atoms with Gasteiger partial charge in [-0.2, -0.15) is 0 Å². The molecule has 0 aromatic carbocycles. The molecule has 0 spiro atoms. The molecule has 0 radical (unpaired) electrons. The van der Waals surface area contributed by atoms with Crippen LogP contribution in [-0.2, 0) is 14.3 Å². The minimum absolute atomic E-state index is 0.0223. The molecule has 0 saturated carbocycles. The van der Waals surface area contributed by atoms with Crippen LogP contribution >= 0.6 is 0 Å². The lowest BCUT2D eigenvalue weighted by molar-refractivity contribution is -0.190. The Balaban J connectivity index is 3.85. The molecule has 7 nitrogen and oxygen atoms in total. The lowest BCUT2D eigenvalue weighted by atomic mass is 9.94. The number of rotatable bonds is 46. The normalized spacial score (nSPS) is 13.8. The van der Waals surface area contributed by atoms with Gasteiger partial charge < -0.3 is 25.2 Å². The van der Waals surface area contributed by atoms with Crippen molar-refractivity contribution < 1.29 is 34.8 Å². The van der Waals surface area contributed by atoms with Crippen molar-refractivity contribution in [3.8, 4) is 0 Å². The van der Waals surface area contributed by atoms with Crippen LogP contribution in [0.25, 0.3) is 0 Å². The fourth-order valence-corrected chi connectivity index (χ4v) is 8.11. The molecule has 0 aliphatic heterocycles. The molecular formula is C50H98O7. The summed E-state index contributed by atoms with van der Waals surface area (Å²) in [5.74, 6) is -2.52. The number of aliphatic hydroxyl groups excluding tert-OH is 2. The molecular weight excluding hydrogens is 713 g/mol. The number of unbranched alkanes of at least 4 members (excludes halogenated alkanes) is 38. The molecule has 0 amide bonds. The van der Waals surface area contributed by atoms with Crippen molar-refractivity contribution in [3.05, 3.63) is 0 Å². The van der Waals surface area contributed by atoms with Gasteiger partial charge in [0, 0.05) is 0 Å². The van der Waals surface area contributed by atoms with Crippen molar-refractivity contribution in [2.45, 2.75) is 295 Å². The molecule has 0 aromatic heterocycles. The van der Waals surface area contributed by atoms with Crippen LogP contribution in [0.5, 0.6) is 0 Å². The first-order chi connectivity index (χ1) is 27.8. The summed E-state index contributed by atoms with van der Waals surface area (Å²) < 4.78 is 4.85. The van der Waals surface area contributed by atoms with E-state index in [9.17, 15) is 30.0 Å². The molecule has 0 heterocycles. The molecule has 4 N–H and O–H groups in total. The largest absolute Gasteiger partial charge is 0.393 e. The molecule has 0 bridgehead atoms. The van der Waals surface area contributed by atoms with Gasteiger partial charge in [0.1, 0.15) is 0 Å². The monoisotopic (exact) mass is 811 g/mol. The summed E-state index contributed by atoms with van der Waals surface area (Å²) >= 11 is 0. The Morgan fingerprint density at radius 3 is 0.632 bits per heavy atom. The third-order valence-electron chi connectivity index (χ3n) is 12.4. The van der Waals surface area contributed by atoms with Crippen LogP contribution in [-0.4, -0.2) is 56.8 Å². The van der Waals surface area contributed by atoms with Crippen molar-refractivity contribution in [1.29, 1.82) is 0 Å². The van der Waals surface area contributed by atoms with E-state index in [-0.39, 0.29) is 12.8 Å². The minimum Gasteiger partial charge on any atom is -0.393 e. The van der Waals surface area contributed by atoms with E-state index in [4.69, 9.17) is 4.74 Å². The van der Waals surface area contributed by atoms with Gasteiger partial charge in [0.05, 0.1) is 13.2 Å². The number of carbonyl (C=O) groups excluding carboxylic acids is 2. The van der Waals surface area contributed by atoms with Gasteiger partial charge in [-0.05, 0) is 25.7 Å². The second kappa shape index (κ2) is 41.7. The van der Waals surface area contributed by atoms with Crippen molar-refractivity contribution in [2.75, 3.05) is 13.2 Å². The van der Waals surface area contributed by atoms with Gasteiger partial charge >= 0.3 is 11.9 Å². The number of esters is 2. The van der Waals surface area contributed by atoms with Gasteiger partial charge in [0.15, 0.2) is 11.2 Å². The average Bonchev–Trinajstić information content (AvgIpc) is 3.21. The lowest BCUT2D eigenvalue weighted by Crippen LogP contribution is -2.50. The summed E-state index contributed by atoms with van der Waals surface area (Å²) in [6.07, 6.45) is 50.1. The first kappa shape index (κ1) is 56.0. The molecule has 2 unspecified atom stereocenters. The molecule has 0 aliphatic carbocycles. The minimum atomic E-state index is -2.20. The average molecular weight is 811 g/mol. The zero-order valence-electron chi connectivity index (χ0n) is 38.1. The second-order valence-electron chi connectivity index (χ2n) is 18.0. The highest BCUT2D eigenvalue weighted by Crippen LogP contribution is 2.23. The molecule has 2 atom stereocenters. The Hall–Kier alpha value is -1.02. The fourth-order valence-electron chi connectivity index (χ4n) is 8.11. The third-order valence-corrected chi connectivity index (χ3v) is 12.4. The molecule has 340 valence electrons. The van der Waals surface area contributed by atoms with Gasteiger partial charge in [-0.25, -0.2) is 9.59 Å². The summed E-state index contributed by atoms with van der Waals surface area (Å²) in [6, 6.07) is 0. The molecule has 0 fully saturated rings. The zero-order valence-corrected chi connectivity index (χ0v) is 38.1. The third kappa shape index (κ3) is 34.4. The SMILES string of the molecule is CCCCCCCCCCCCCCCCCCCCCCC(O)(CO)C(=O)OC(=O)C(O)(CO)CCCCCCCCCCCCCCCCCCCCCC. The molecule has 0 aliphatic rings. The molecule has 0 saturated heterocycles. The first-order valence-corrected chi connectivity index (χ1v) is 25.2. The number of hydrogen-bond acceptors (Lipinski definition) is 7. The van der Waals surface area contributed by atoms with Crippen LogP contribution in [0.1, 0.15) is 284 Å². The molecule has 0 aromatic rings. The van der Waals surface area contributed by atoms with E-state index in [0.29, 0.717) is 12.8 Å². The first-order valence-electron chi connectivity index (χ1n) is 25.2. The Morgan fingerprint density at radius 1 is 0.316 bits per heavy atom. The van der Waals surface area contributed by atoms with E-state index in [0.717, 1.165) is 38.5 Å². The van der Waals surface area contributed by atoms with E-state index in [2.05, 4.69) is 13.8 Å². The molecule has 7 heteroatoms. The van der Waals surface area contributed by atoms with E-state index in [1.807, 2.05) is 0 Å². The van der Waals surface area contributed by atoms with Crippen molar-refractivity contribution >= 4 is 11.9 Å². The number of aliphatic hydroxyl groups is 4. The van der Waals surface area contributed by atoms with Crippen LogP contribution in [0.15, 0.2) is 0 Å². The Bertz CT molecular complexity index is 798. The Kier molecular flexibility index (Phi) is 41.0. The zero-order chi connectivity index (χ0) is 42.0. The van der Waals surface area contributed by atoms with Gasteiger partial charge in [-0.15, -0.1) is 0 Å². The fraction of sp³-hybridized carbons (Fsp3) is 0.960. The van der Waals surface area contributed by atoms with Gasteiger partial charge in [-0.1, -0.05) is 258 Å². The van der Waals surface area contributed by atoms with Crippen molar-refractivity contribution in [3.63, 3.8) is 0 Å². The summed E-state index contributed by atoms with van der Waals surface area (Å²) in [7, 11) is 0. The van der Waals surface area contributed by atoms with Gasteiger partial charge in [0.2, 0.25) is 0 Å². The van der Waals surface area contributed by atoms with E-state index >= 15 is 0 Å². The number of ether oxygens (including phenoxy) is 1. The highest BCUT2D eigenvalue weighted by atomic mass is 16.6. The maximum absolute atomic E-state index is 12.7. The quantitative estimate of drug-likeness (QED) is 0.0274. The maximum atomic E-state index is 12.7. The Morgan fingerprint density at radius 2 is 0.474 bits per heavy atom. The van der Waals surface area contributed by atoms with Crippen LogP contribution in [0, 0.1) is 0 Å². The topological polar surface area (TPSA) is 124 Å². The van der Waals surface area contributed by atoms with Crippen molar-refractivity contribution in [2.24, 2.45) is 0 Å². The van der Waals surface area contributed by atoms with E-state index < -0.39 is 36.4 Å². The van der Waals surface area contributed by atoms with E-state index in [1.54, 1.807) is 0 Å². The Labute approximate surface area is 353 Å². The van der Waals surface area contributed by atoms with Crippen LogP contribution in [0.3, 0.4) is 0 Å². The highest BCUT2D eigenvalue weighted by molar-refractivity contribution is 5.94. The predicted octanol–water partition coefficient (Wildman–Crippen LogP) is 13.9. The second-order valence-corrected chi connectivity index (χ2v) is 18.0. The van der Waals surface area contributed by atoms with Gasteiger partial charge in [0.25, 0.3) is 0 Å². The summed E-state index contributed by atoms with van der Waals surface area (Å²) in [4.78, 5) is 25.4. The smallest absolute Gasteiger partial charge is 0.348 e. The van der Waals surface area contributed by atoms with E-state index in [1.165, 1.54) is 205 Å². The number of carbonyl (C=O) groups is 2. The van der Waals surface area contributed by atoms with Crippen molar-refractivity contribution in [1.82, 2.24) is 0 Å². The lowest BCUT2D eigenvalue weighted by Gasteiger charge is -2.27. The van der Waals surface area contributed by atoms with Crippen LogP contribution < -0.4 is 0 Å². The molecule has 0 rings (SSSR count). The molecule has 57 heavy (non-hydrogen) atoms. The maximum Gasteiger partial charge on any atom is 0.348 e. The summed E-state index contributed by atoms with van der Waals surface area (Å²) in [6.45, 7) is 2.81. The van der Waals surface area contributed by atoms with Crippen LogP contribution in [0.4, 0.5) is 0 Å². The highest BCUT2D eigenvalue weighted by Gasteiger charge is 2.43. The standard InChI is InChI=1S/C50H98O7/c1-3-5-7-9-11-13-15-17-19-21-23-25-27-29-31-33-35-37-39-41-43-49(55,45-51)47(53)57-48(54)50(56,46-52)44-42-40-38-36-34-32-30-28-26-24-22-20-18-16-14-12-10-8-6-4-2/h51-52,55-56H,3-46H2,1-2H3. The van der Waals surface area contributed by atoms with Gasteiger partial charge in [-0.3, -0.25) is 0 Å². The van der Waals surface area contributed by atoms with Crippen LogP contribution in [0.2, 0.25) is 0 Å².